The maximum atomic E-state index is 5.91. The van der Waals surface area contributed by atoms with Crippen LogP contribution in [0.25, 0.3) is 0 Å². The summed E-state index contributed by atoms with van der Waals surface area (Å²) in [5, 5.41) is 4.45. The van der Waals surface area contributed by atoms with Gasteiger partial charge in [-0.05, 0) is 55.8 Å². The molecule has 1 aliphatic carbocycles. The number of unbranched alkanes of at least 4 members (excludes halogenated alkanes) is 1. The van der Waals surface area contributed by atoms with Gasteiger partial charge in [-0.2, -0.15) is 0 Å². The Bertz CT molecular complexity index is 390. The highest BCUT2D eigenvalue weighted by molar-refractivity contribution is 6.30. The quantitative estimate of drug-likeness (QED) is 0.669. The third kappa shape index (κ3) is 5.95. The second-order valence-corrected chi connectivity index (χ2v) is 6.12. The van der Waals surface area contributed by atoms with Crippen molar-refractivity contribution in [3.05, 3.63) is 34.9 Å². The zero-order valence-electron chi connectivity index (χ0n) is 12.8. The number of methoxy groups -OCH3 is 1. The van der Waals surface area contributed by atoms with Crippen LogP contribution in [0.1, 0.15) is 37.2 Å². The summed E-state index contributed by atoms with van der Waals surface area (Å²) >= 11 is 5.91. The monoisotopic (exact) mass is 311 g/mol. The minimum absolute atomic E-state index is 0.681. The zero-order chi connectivity index (χ0) is 14.9. The summed E-state index contributed by atoms with van der Waals surface area (Å²) in [6.45, 7) is 3.32. The van der Waals surface area contributed by atoms with Crippen LogP contribution in [0.5, 0.6) is 0 Å². The number of rotatable bonds is 10. The third-order valence-corrected chi connectivity index (χ3v) is 4.31. The zero-order valence-corrected chi connectivity index (χ0v) is 13.6. The average Bonchev–Trinajstić information content (AvgIpc) is 2.45. The van der Waals surface area contributed by atoms with E-state index in [1.807, 2.05) is 12.1 Å². The highest BCUT2D eigenvalue weighted by atomic mass is 35.5. The van der Waals surface area contributed by atoms with Crippen LogP contribution in [0.4, 0.5) is 0 Å². The van der Waals surface area contributed by atoms with Crippen LogP contribution in [0.15, 0.2) is 24.3 Å². The van der Waals surface area contributed by atoms with E-state index in [9.17, 15) is 0 Å². The van der Waals surface area contributed by atoms with Crippen LogP contribution >= 0.6 is 11.6 Å². The Hall–Kier alpha value is -0.610. The molecule has 0 spiro atoms. The lowest BCUT2D eigenvalue weighted by atomic mass is 9.76. The van der Waals surface area contributed by atoms with Gasteiger partial charge in [0, 0.05) is 24.8 Å². The van der Waals surface area contributed by atoms with Crippen molar-refractivity contribution in [2.24, 2.45) is 0 Å². The molecule has 0 unspecified atom stereocenters. The molecule has 21 heavy (non-hydrogen) atoms. The van der Waals surface area contributed by atoms with Crippen molar-refractivity contribution < 1.29 is 9.47 Å². The SMILES string of the molecule is COCCOCCCCNC1CC(c2ccc(Cl)cc2)C1. The van der Waals surface area contributed by atoms with Crippen molar-refractivity contribution in [3.63, 3.8) is 0 Å². The van der Waals surface area contributed by atoms with Crippen LogP contribution in [0.2, 0.25) is 5.02 Å². The van der Waals surface area contributed by atoms with Crippen LogP contribution in [0, 0.1) is 0 Å². The minimum atomic E-state index is 0.681. The van der Waals surface area contributed by atoms with Crippen molar-refractivity contribution >= 4 is 11.6 Å². The van der Waals surface area contributed by atoms with Crippen LogP contribution in [-0.4, -0.2) is 39.5 Å². The normalized spacial score (nSPS) is 21.2. The lowest BCUT2D eigenvalue weighted by Crippen LogP contribution is -2.40. The van der Waals surface area contributed by atoms with Crippen molar-refractivity contribution in [3.8, 4) is 0 Å². The van der Waals surface area contributed by atoms with Gasteiger partial charge in [-0.3, -0.25) is 0 Å². The molecule has 1 saturated carbocycles. The molecule has 0 aliphatic heterocycles. The van der Waals surface area contributed by atoms with Gasteiger partial charge in [0.05, 0.1) is 13.2 Å². The van der Waals surface area contributed by atoms with Gasteiger partial charge in [0.2, 0.25) is 0 Å². The fourth-order valence-electron chi connectivity index (χ4n) is 2.67. The van der Waals surface area contributed by atoms with Gasteiger partial charge >= 0.3 is 0 Å². The van der Waals surface area contributed by atoms with E-state index >= 15 is 0 Å². The topological polar surface area (TPSA) is 30.5 Å². The Labute approximate surface area is 133 Å². The van der Waals surface area contributed by atoms with Crippen molar-refractivity contribution in [1.82, 2.24) is 5.32 Å². The summed E-state index contributed by atoms with van der Waals surface area (Å²) in [5.74, 6) is 0.706. The Morgan fingerprint density at radius 3 is 2.57 bits per heavy atom. The van der Waals surface area contributed by atoms with E-state index in [4.69, 9.17) is 21.1 Å². The van der Waals surface area contributed by atoms with Crippen LogP contribution < -0.4 is 5.32 Å². The van der Waals surface area contributed by atoms with Crippen molar-refractivity contribution in [1.29, 1.82) is 0 Å². The smallest absolute Gasteiger partial charge is 0.0700 e. The van der Waals surface area contributed by atoms with E-state index in [1.165, 1.54) is 24.8 Å². The fourth-order valence-corrected chi connectivity index (χ4v) is 2.80. The van der Waals surface area contributed by atoms with Crippen LogP contribution in [-0.2, 0) is 9.47 Å². The van der Waals surface area contributed by atoms with Gasteiger partial charge in [-0.25, -0.2) is 0 Å². The van der Waals surface area contributed by atoms with Crippen molar-refractivity contribution in [2.75, 3.05) is 33.5 Å². The van der Waals surface area contributed by atoms with E-state index < -0.39 is 0 Å². The Balaban J connectivity index is 1.46. The largest absolute Gasteiger partial charge is 0.382 e. The molecule has 1 N–H and O–H groups in total. The second kappa shape index (κ2) is 9.42. The molecule has 0 atom stereocenters. The number of benzene rings is 1. The van der Waals surface area contributed by atoms with Gasteiger partial charge in [-0.15, -0.1) is 0 Å². The van der Waals surface area contributed by atoms with E-state index in [2.05, 4.69) is 17.4 Å². The minimum Gasteiger partial charge on any atom is -0.382 e. The third-order valence-electron chi connectivity index (χ3n) is 4.06. The molecule has 0 saturated heterocycles. The van der Waals surface area contributed by atoms with Crippen LogP contribution in [0.3, 0.4) is 0 Å². The number of hydrogen-bond acceptors (Lipinski definition) is 3. The molecule has 1 fully saturated rings. The molecule has 1 aromatic rings. The summed E-state index contributed by atoms with van der Waals surface area (Å²) in [6.07, 6.45) is 4.77. The van der Waals surface area contributed by atoms with E-state index in [1.54, 1.807) is 7.11 Å². The number of ether oxygens (including phenoxy) is 2. The maximum absolute atomic E-state index is 5.91. The lowest BCUT2D eigenvalue weighted by molar-refractivity contribution is 0.0686. The molecule has 0 radical (unpaired) electrons. The summed E-state index contributed by atoms with van der Waals surface area (Å²) in [6, 6.07) is 8.96. The lowest BCUT2D eigenvalue weighted by Gasteiger charge is -2.36. The molecule has 0 aromatic heterocycles. The molecule has 0 bridgehead atoms. The molecule has 4 heteroatoms. The second-order valence-electron chi connectivity index (χ2n) is 5.68. The Kier molecular flexibility index (Phi) is 7.51. The molecular formula is C17H26ClNO2. The maximum Gasteiger partial charge on any atom is 0.0700 e. The van der Waals surface area contributed by atoms with Gasteiger partial charge in [0.15, 0.2) is 0 Å². The molecule has 3 nitrogen and oxygen atoms in total. The van der Waals surface area contributed by atoms with Gasteiger partial charge in [0.1, 0.15) is 0 Å². The van der Waals surface area contributed by atoms with E-state index in [0.29, 0.717) is 25.2 Å². The summed E-state index contributed by atoms with van der Waals surface area (Å²) in [7, 11) is 1.70. The Morgan fingerprint density at radius 2 is 1.86 bits per heavy atom. The predicted octanol–water partition coefficient (Wildman–Crippen LogP) is 3.62. The molecule has 2 rings (SSSR count). The highest BCUT2D eigenvalue weighted by Gasteiger charge is 2.29. The first-order valence-electron chi connectivity index (χ1n) is 7.85. The number of halogens is 1. The van der Waals surface area contributed by atoms with Gasteiger partial charge < -0.3 is 14.8 Å². The van der Waals surface area contributed by atoms with Gasteiger partial charge in [0.25, 0.3) is 0 Å². The van der Waals surface area contributed by atoms with Crippen molar-refractivity contribution in [2.45, 2.75) is 37.6 Å². The molecule has 0 heterocycles. The molecule has 118 valence electrons. The first-order chi connectivity index (χ1) is 10.3. The summed E-state index contributed by atoms with van der Waals surface area (Å²) < 4.78 is 10.4. The summed E-state index contributed by atoms with van der Waals surface area (Å²) in [5.41, 5.74) is 1.42. The van der Waals surface area contributed by atoms with Gasteiger partial charge in [-0.1, -0.05) is 23.7 Å². The summed E-state index contributed by atoms with van der Waals surface area (Å²) in [4.78, 5) is 0. The highest BCUT2D eigenvalue weighted by Crippen LogP contribution is 2.37. The predicted molar refractivity (Wildman–Crippen MR) is 87.1 cm³/mol. The molecular weight excluding hydrogens is 286 g/mol. The molecule has 0 amide bonds. The Morgan fingerprint density at radius 1 is 1.10 bits per heavy atom. The average molecular weight is 312 g/mol. The number of nitrogens with one attached hydrogen (secondary N) is 1. The first kappa shape index (κ1) is 16.8. The van der Waals surface area contributed by atoms with E-state index in [-0.39, 0.29) is 0 Å². The van der Waals surface area contributed by atoms with E-state index in [0.717, 1.165) is 24.6 Å². The fraction of sp³-hybridized carbons (Fsp3) is 0.647. The molecule has 1 aliphatic rings. The molecule has 1 aromatic carbocycles. The first-order valence-corrected chi connectivity index (χ1v) is 8.23. The standard InChI is InChI=1S/C17H26ClNO2/c1-20-10-11-21-9-3-2-8-19-17-12-15(13-17)14-4-6-16(18)7-5-14/h4-7,15,17,19H,2-3,8-13H2,1H3. The number of hydrogen-bond donors (Lipinski definition) is 1.